The number of fused-ring (bicyclic) bond motifs is 6. The summed E-state index contributed by atoms with van der Waals surface area (Å²) in [5.41, 5.74) is 8.33. The van der Waals surface area contributed by atoms with E-state index in [9.17, 15) is 25.9 Å². The Morgan fingerprint density at radius 3 is 1.98 bits per heavy atom. The van der Waals surface area contributed by atoms with Crippen LogP contribution in [0.3, 0.4) is 0 Å². The summed E-state index contributed by atoms with van der Waals surface area (Å²) in [5, 5.41) is 5.46. The number of allylic oxidation sites excluding steroid dienone is 8. The molecule has 2 heterocycles. The van der Waals surface area contributed by atoms with Gasteiger partial charge in [0.15, 0.2) is 5.71 Å². The number of rotatable bonds is 13. The smallest absolute Gasteiger partial charge is 0.264 e. The summed E-state index contributed by atoms with van der Waals surface area (Å²) in [5.74, 6) is -0.529. The highest BCUT2D eigenvalue weighted by Crippen LogP contribution is 2.51. The topological polar surface area (TPSA) is 151 Å². The van der Waals surface area contributed by atoms with Crippen molar-refractivity contribution < 1.29 is 30.5 Å². The van der Waals surface area contributed by atoms with Crippen LogP contribution in [0, 0.1) is 0 Å². The van der Waals surface area contributed by atoms with E-state index in [1.165, 1.54) is 32.7 Å². The zero-order valence-corrected chi connectivity index (χ0v) is 36.5. The fourth-order valence-electron chi connectivity index (χ4n) is 9.23. The Kier molecular flexibility index (Phi) is 12.6. The van der Waals surface area contributed by atoms with Gasteiger partial charge in [0.1, 0.15) is 6.54 Å². The van der Waals surface area contributed by atoms with E-state index in [0.29, 0.717) is 38.8 Å². The summed E-state index contributed by atoms with van der Waals surface area (Å²) in [6.07, 6.45) is 13.2. The normalized spacial score (nSPS) is 19.2. The molecule has 0 fully saturated rings. The Morgan fingerprint density at radius 2 is 1.33 bits per heavy atom. The maximum absolute atomic E-state index is 11.5. The predicted molar refractivity (Wildman–Crippen MR) is 240 cm³/mol. The Labute approximate surface area is 348 Å². The van der Waals surface area contributed by atoms with Crippen molar-refractivity contribution >= 4 is 70.5 Å². The summed E-state index contributed by atoms with van der Waals surface area (Å²) in [7, 11) is -8.07. The molecule has 4 aromatic rings. The molecule has 0 radical (unpaired) electrons. The first kappa shape index (κ1) is 43.5. The minimum Gasteiger partial charge on any atom is -0.369 e. The molecule has 4 aromatic carbocycles. The molecule has 0 amide bonds. The van der Waals surface area contributed by atoms with E-state index < -0.39 is 20.2 Å². The molecule has 6 N–H and O–H groups in total. The highest BCUT2D eigenvalue weighted by molar-refractivity contribution is 7.86. The molecule has 0 spiro atoms. The van der Waals surface area contributed by atoms with Crippen molar-refractivity contribution in [2.24, 2.45) is 0 Å². The summed E-state index contributed by atoms with van der Waals surface area (Å²) >= 11 is 7.29. The van der Waals surface area contributed by atoms with Crippen LogP contribution in [0.2, 0.25) is 0 Å². The molecule has 7 rings (SSSR count). The zero-order valence-electron chi connectivity index (χ0n) is 34.1. The van der Waals surface area contributed by atoms with Crippen LogP contribution >= 0.6 is 11.6 Å². The largest absolute Gasteiger partial charge is 0.369 e. The number of benzene rings is 4. The van der Waals surface area contributed by atoms with Crippen LogP contribution in [-0.2, 0) is 31.1 Å². The summed E-state index contributed by atoms with van der Waals surface area (Å²) in [6, 6.07) is 25.4. The molecule has 1 aliphatic carbocycles. The fourth-order valence-corrected chi connectivity index (χ4v) is 10.7. The molecular formula is C46H56ClN3O6S2+2. The van der Waals surface area contributed by atoms with E-state index in [-0.39, 0.29) is 28.5 Å². The molecular weight excluding hydrogens is 790 g/mol. The number of hydrogen-bond acceptors (Lipinski definition) is 5. The van der Waals surface area contributed by atoms with Gasteiger partial charge >= 0.3 is 0 Å². The van der Waals surface area contributed by atoms with Crippen LogP contribution in [0.15, 0.2) is 119 Å². The van der Waals surface area contributed by atoms with E-state index >= 15 is 0 Å². The third kappa shape index (κ3) is 8.76. The molecule has 0 saturated heterocycles. The molecule has 2 aliphatic heterocycles. The maximum Gasteiger partial charge on any atom is 0.264 e. The number of hydrogen-bond donors (Lipinski definition) is 3. The average molecular weight is 847 g/mol. The van der Waals surface area contributed by atoms with Crippen LogP contribution in [0.4, 0.5) is 11.4 Å². The van der Waals surface area contributed by atoms with E-state index in [1.54, 1.807) is 0 Å². The summed E-state index contributed by atoms with van der Waals surface area (Å²) in [6.45, 7) is 10.2. The first-order valence-corrected chi connectivity index (χ1v) is 23.4. The second-order valence-electron chi connectivity index (χ2n) is 16.6. The standard InChI is InChI=1S/C46H51ClN2O6S2.H3N/c1-45(2)40(48(28-9-11-30-56(50,51)52)38-24-20-32-14-5-7-18-36(32)42(38)45)26-22-34-16-13-17-35(44(34)47)23-27-41-46(3,4)43-37-19-8-6-15-33(37)21-25-39(43)49(41)29-10-12-31-57(53,54)55;/h5-8,14-15,18-27H,9-13,16-17,28-31H2,1-4H3,(H-,50,51,52,53,54,55);1H3/p+2. The van der Waals surface area contributed by atoms with Gasteiger partial charge in [0.05, 0.1) is 16.9 Å². The molecule has 58 heavy (non-hydrogen) atoms. The predicted octanol–water partition coefficient (Wildman–Crippen LogP) is 10.9. The minimum atomic E-state index is -4.04. The van der Waals surface area contributed by atoms with Crippen molar-refractivity contribution in [1.82, 2.24) is 6.15 Å². The van der Waals surface area contributed by atoms with Gasteiger partial charge in [-0.25, -0.2) is 0 Å². The van der Waals surface area contributed by atoms with Gasteiger partial charge in [0.25, 0.3) is 20.2 Å². The Balaban J connectivity index is 0.00000567. The van der Waals surface area contributed by atoms with Crippen molar-refractivity contribution in [1.29, 1.82) is 0 Å². The van der Waals surface area contributed by atoms with Crippen LogP contribution in [-0.4, -0.2) is 60.8 Å². The number of quaternary nitrogens is 1. The quantitative estimate of drug-likeness (QED) is 0.0688. The molecule has 3 aliphatic rings. The van der Waals surface area contributed by atoms with Crippen molar-refractivity contribution in [3.63, 3.8) is 0 Å². The van der Waals surface area contributed by atoms with Crippen LogP contribution in [0.5, 0.6) is 0 Å². The lowest BCUT2D eigenvalue weighted by Gasteiger charge is -2.27. The Hall–Kier alpha value is -4.10. The minimum absolute atomic E-state index is 0. The lowest BCUT2D eigenvalue weighted by atomic mass is 9.78. The third-order valence-electron chi connectivity index (χ3n) is 11.9. The van der Waals surface area contributed by atoms with Crippen molar-refractivity contribution in [3.8, 4) is 0 Å². The number of anilines is 1. The SMILES string of the molecule is CC1(C)C(/C=C/C2=C(Cl)C(=C/C=C3/N(CCCCS(=O)(=O)O)c4ccc5ccccc5c4C3(C)C)/CCC2)=[N+](CCCCS(=O)(=O)O)c2ccc3ccccc3c21.[NH4+]. The van der Waals surface area contributed by atoms with Gasteiger partial charge in [-0.3, -0.25) is 9.11 Å². The van der Waals surface area contributed by atoms with Gasteiger partial charge in [-0.05, 0) is 109 Å². The Morgan fingerprint density at radius 1 is 0.724 bits per heavy atom. The molecule has 0 aromatic heterocycles. The van der Waals surface area contributed by atoms with Gasteiger partial charge < -0.3 is 11.1 Å². The highest BCUT2D eigenvalue weighted by atomic mass is 35.5. The first-order valence-electron chi connectivity index (χ1n) is 19.8. The number of nitrogens with zero attached hydrogens (tertiary/aromatic N) is 2. The van der Waals surface area contributed by atoms with Gasteiger partial charge in [-0.2, -0.15) is 21.4 Å². The number of unbranched alkanes of at least 4 members (excludes halogenated alkanes) is 2. The van der Waals surface area contributed by atoms with Crippen molar-refractivity contribution in [2.45, 2.75) is 83.5 Å². The van der Waals surface area contributed by atoms with Crippen LogP contribution in [0.1, 0.15) is 83.8 Å². The van der Waals surface area contributed by atoms with E-state index in [1.807, 2.05) is 12.1 Å². The summed E-state index contributed by atoms with van der Waals surface area (Å²) in [4.78, 5) is 2.30. The molecule has 12 heteroatoms. The molecule has 0 bridgehead atoms. The van der Waals surface area contributed by atoms with Gasteiger partial charge in [-0.1, -0.05) is 92.2 Å². The first-order chi connectivity index (χ1) is 27.0. The lowest BCUT2D eigenvalue weighted by molar-refractivity contribution is -0.438. The van der Waals surface area contributed by atoms with Crippen LogP contribution in [0.25, 0.3) is 21.5 Å². The van der Waals surface area contributed by atoms with Gasteiger partial charge in [-0.15, -0.1) is 0 Å². The fraction of sp³-hybridized carbons (Fsp3) is 0.370. The van der Waals surface area contributed by atoms with E-state index in [0.717, 1.165) is 58.2 Å². The third-order valence-corrected chi connectivity index (χ3v) is 14.0. The molecule has 0 unspecified atom stereocenters. The van der Waals surface area contributed by atoms with Gasteiger partial charge in [0, 0.05) is 52.5 Å². The summed E-state index contributed by atoms with van der Waals surface area (Å²) < 4.78 is 67.0. The van der Waals surface area contributed by atoms with E-state index in [2.05, 4.69) is 122 Å². The van der Waals surface area contributed by atoms with Crippen molar-refractivity contribution in [3.05, 3.63) is 130 Å². The Bertz CT molecular complexity index is 2640. The van der Waals surface area contributed by atoms with Crippen LogP contribution < -0.4 is 11.1 Å². The van der Waals surface area contributed by atoms with Crippen molar-refractivity contribution in [2.75, 3.05) is 29.5 Å². The van der Waals surface area contributed by atoms with E-state index in [4.69, 9.17) is 11.6 Å². The molecule has 308 valence electrons. The molecule has 9 nitrogen and oxygen atoms in total. The zero-order chi connectivity index (χ0) is 40.8. The second-order valence-corrected chi connectivity index (χ2v) is 20.1. The monoisotopic (exact) mass is 845 g/mol. The van der Waals surface area contributed by atoms with Gasteiger partial charge in [0.2, 0.25) is 5.69 Å². The second kappa shape index (κ2) is 16.9. The lowest BCUT2D eigenvalue weighted by Crippen LogP contribution is -2.28. The number of halogens is 1. The molecule has 0 atom stereocenters. The highest BCUT2D eigenvalue weighted by Gasteiger charge is 2.45. The average Bonchev–Trinajstić information content (AvgIpc) is 3.51. The maximum atomic E-state index is 11.5. The molecule has 0 saturated carbocycles.